The Kier molecular flexibility index (Phi) is 4.69. The molecule has 0 aromatic heterocycles. The van der Waals surface area contributed by atoms with E-state index in [0.717, 1.165) is 69.8 Å². The number of aliphatic hydroxyl groups is 1. The van der Waals surface area contributed by atoms with Crippen LogP contribution in [-0.2, 0) is 9.53 Å². The van der Waals surface area contributed by atoms with Gasteiger partial charge in [-0.25, -0.2) is 0 Å². The summed E-state index contributed by atoms with van der Waals surface area (Å²) in [6, 6.07) is 8.10. The van der Waals surface area contributed by atoms with E-state index in [1.54, 1.807) is 0 Å². The molecule has 2 N–H and O–H groups in total. The number of ether oxygens (including phenoxy) is 1. The third kappa shape index (κ3) is 3.40. The number of nitrogens with one attached hydrogen (secondary N) is 1. The smallest absolute Gasteiger partial charge is 0.228 e. The molecule has 5 heteroatoms. The van der Waals surface area contributed by atoms with Crippen LogP contribution in [0.25, 0.3) is 0 Å². The van der Waals surface area contributed by atoms with Gasteiger partial charge in [-0.3, -0.25) is 4.79 Å². The summed E-state index contributed by atoms with van der Waals surface area (Å²) in [5, 5.41) is 12.5. The molecule has 2 saturated heterocycles. The zero-order valence-corrected chi connectivity index (χ0v) is 14.7. The Balaban J connectivity index is 1.42. The molecule has 0 radical (unpaired) electrons. The molecule has 1 aromatic rings. The van der Waals surface area contributed by atoms with Gasteiger partial charge in [0.25, 0.3) is 0 Å². The van der Waals surface area contributed by atoms with Gasteiger partial charge in [0.15, 0.2) is 0 Å². The summed E-state index contributed by atoms with van der Waals surface area (Å²) in [4.78, 5) is 15.1. The average Bonchev–Trinajstić information content (AvgIpc) is 3.36. The topological polar surface area (TPSA) is 61.8 Å². The van der Waals surface area contributed by atoms with Gasteiger partial charge in [-0.15, -0.1) is 0 Å². The highest BCUT2D eigenvalue weighted by molar-refractivity contribution is 5.98. The van der Waals surface area contributed by atoms with Crippen LogP contribution in [-0.4, -0.2) is 43.9 Å². The standard InChI is InChI=1S/C20H28N2O3/c23-14-15-5-9-22(10-6-15)18-4-2-1-3-17(18)21-19(24)16-13-20(16)7-11-25-12-8-20/h1-4,15-16,23H,5-14H2,(H,21,24). The van der Waals surface area contributed by atoms with E-state index < -0.39 is 0 Å². The molecule has 1 aliphatic carbocycles. The number of anilines is 2. The molecule has 1 spiro atoms. The van der Waals surface area contributed by atoms with E-state index in [9.17, 15) is 9.90 Å². The molecule has 136 valence electrons. The molecule has 0 bridgehead atoms. The van der Waals surface area contributed by atoms with Crippen LogP contribution in [0.15, 0.2) is 24.3 Å². The summed E-state index contributed by atoms with van der Waals surface area (Å²) >= 11 is 0. The molecule has 5 nitrogen and oxygen atoms in total. The van der Waals surface area contributed by atoms with Crippen LogP contribution in [0, 0.1) is 17.3 Å². The Bertz CT molecular complexity index is 619. The first-order valence-corrected chi connectivity index (χ1v) is 9.55. The lowest BCUT2D eigenvalue weighted by atomic mass is 9.93. The Morgan fingerprint density at radius 3 is 2.68 bits per heavy atom. The van der Waals surface area contributed by atoms with Gasteiger partial charge in [-0.2, -0.15) is 0 Å². The first-order chi connectivity index (χ1) is 12.2. The fraction of sp³-hybridized carbons (Fsp3) is 0.650. The molecule has 1 saturated carbocycles. The van der Waals surface area contributed by atoms with Gasteiger partial charge in [0.1, 0.15) is 0 Å². The minimum absolute atomic E-state index is 0.143. The van der Waals surface area contributed by atoms with Crippen molar-refractivity contribution >= 4 is 17.3 Å². The highest BCUT2D eigenvalue weighted by Gasteiger charge is 2.58. The first-order valence-electron chi connectivity index (χ1n) is 9.55. The van der Waals surface area contributed by atoms with E-state index in [4.69, 9.17) is 4.74 Å². The van der Waals surface area contributed by atoms with Crippen molar-refractivity contribution in [1.82, 2.24) is 0 Å². The van der Waals surface area contributed by atoms with E-state index in [2.05, 4.69) is 16.3 Å². The molecule has 25 heavy (non-hydrogen) atoms. The number of carbonyl (C=O) groups is 1. The van der Waals surface area contributed by atoms with Gasteiger partial charge >= 0.3 is 0 Å². The number of hydrogen-bond donors (Lipinski definition) is 2. The minimum Gasteiger partial charge on any atom is -0.396 e. The maximum absolute atomic E-state index is 12.8. The predicted octanol–water partition coefficient (Wildman–Crippen LogP) is 2.65. The summed E-state index contributed by atoms with van der Waals surface area (Å²) in [5.74, 6) is 0.724. The Morgan fingerprint density at radius 1 is 1.24 bits per heavy atom. The summed E-state index contributed by atoms with van der Waals surface area (Å²) in [5.41, 5.74) is 2.23. The van der Waals surface area contributed by atoms with Crippen molar-refractivity contribution < 1.29 is 14.6 Å². The number of carbonyl (C=O) groups excluding carboxylic acids is 1. The number of hydrogen-bond acceptors (Lipinski definition) is 4. The van der Waals surface area contributed by atoms with Crippen LogP contribution in [0.1, 0.15) is 32.1 Å². The van der Waals surface area contributed by atoms with E-state index in [0.29, 0.717) is 5.92 Å². The van der Waals surface area contributed by atoms with Crippen molar-refractivity contribution in [1.29, 1.82) is 0 Å². The van der Waals surface area contributed by atoms with E-state index in [1.165, 1.54) is 0 Å². The van der Waals surface area contributed by atoms with E-state index in [1.807, 2.05) is 18.2 Å². The number of amides is 1. The number of nitrogens with zero attached hydrogens (tertiary/aromatic N) is 1. The molecule has 3 fully saturated rings. The van der Waals surface area contributed by atoms with Gasteiger partial charge in [0, 0.05) is 38.8 Å². The fourth-order valence-corrected chi connectivity index (χ4v) is 4.48. The minimum atomic E-state index is 0.143. The van der Waals surface area contributed by atoms with Crippen LogP contribution in [0.5, 0.6) is 0 Å². The Labute approximate surface area is 149 Å². The van der Waals surface area contributed by atoms with Gasteiger partial charge in [-0.05, 0) is 55.6 Å². The lowest BCUT2D eigenvalue weighted by Gasteiger charge is -2.34. The number of piperidine rings is 1. The lowest BCUT2D eigenvalue weighted by molar-refractivity contribution is -0.118. The van der Waals surface area contributed by atoms with Crippen molar-refractivity contribution in [3.8, 4) is 0 Å². The van der Waals surface area contributed by atoms with Crippen LogP contribution < -0.4 is 10.2 Å². The third-order valence-electron chi connectivity index (χ3n) is 6.37. The zero-order chi connectivity index (χ0) is 17.3. The maximum atomic E-state index is 12.8. The molecule has 3 aliphatic rings. The molecule has 2 aliphatic heterocycles. The molecule has 2 heterocycles. The lowest BCUT2D eigenvalue weighted by Crippen LogP contribution is -2.35. The van der Waals surface area contributed by atoms with Crippen LogP contribution in [0.2, 0.25) is 0 Å². The summed E-state index contributed by atoms with van der Waals surface area (Å²) in [6.07, 6.45) is 5.05. The maximum Gasteiger partial charge on any atom is 0.228 e. The SMILES string of the molecule is O=C(Nc1ccccc1N1CCC(CO)CC1)C1CC12CCOCC2. The van der Waals surface area contributed by atoms with E-state index in [-0.39, 0.29) is 23.8 Å². The molecular weight excluding hydrogens is 316 g/mol. The molecular formula is C20H28N2O3. The monoisotopic (exact) mass is 344 g/mol. The second-order valence-corrected chi connectivity index (χ2v) is 7.85. The quantitative estimate of drug-likeness (QED) is 0.881. The summed E-state index contributed by atoms with van der Waals surface area (Å²) < 4.78 is 5.45. The zero-order valence-electron chi connectivity index (χ0n) is 14.7. The van der Waals surface area contributed by atoms with E-state index >= 15 is 0 Å². The molecule has 1 unspecified atom stereocenters. The second kappa shape index (κ2) is 6.96. The highest BCUT2D eigenvalue weighted by Crippen LogP contribution is 2.59. The average molecular weight is 344 g/mol. The first kappa shape index (κ1) is 16.9. The van der Waals surface area contributed by atoms with Crippen LogP contribution >= 0.6 is 0 Å². The summed E-state index contributed by atoms with van der Waals surface area (Å²) in [7, 11) is 0. The number of rotatable bonds is 4. The van der Waals surface area contributed by atoms with Crippen LogP contribution in [0.3, 0.4) is 0 Å². The molecule has 1 amide bonds. The molecule has 1 aromatic carbocycles. The van der Waals surface area contributed by atoms with Crippen LogP contribution in [0.4, 0.5) is 11.4 Å². The van der Waals surface area contributed by atoms with Crippen molar-refractivity contribution in [2.45, 2.75) is 32.1 Å². The molecule has 1 atom stereocenters. The van der Waals surface area contributed by atoms with Gasteiger partial charge in [0.2, 0.25) is 5.91 Å². The third-order valence-corrected chi connectivity index (χ3v) is 6.37. The summed E-state index contributed by atoms with van der Waals surface area (Å²) in [6.45, 7) is 3.73. The Hall–Kier alpha value is -1.59. The van der Waals surface area contributed by atoms with Crippen molar-refractivity contribution in [2.75, 3.05) is 43.1 Å². The predicted molar refractivity (Wildman–Crippen MR) is 97.7 cm³/mol. The van der Waals surface area contributed by atoms with Crippen molar-refractivity contribution in [2.24, 2.45) is 17.3 Å². The second-order valence-electron chi connectivity index (χ2n) is 7.85. The largest absolute Gasteiger partial charge is 0.396 e. The van der Waals surface area contributed by atoms with Crippen molar-refractivity contribution in [3.05, 3.63) is 24.3 Å². The Morgan fingerprint density at radius 2 is 1.96 bits per heavy atom. The van der Waals surface area contributed by atoms with Gasteiger partial charge < -0.3 is 20.1 Å². The highest BCUT2D eigenvalue weighted by atomic mass is 16.5. The number of para-hydroxylation sites is 2. The fourth-order valence-electron chi connectivity index (χ4n) is 4.48. The number of benzene rings is 1. The van der Waals surface area contributed by atoms with Gasteiger partial charge in [0.05, 0.1) is 11.4 Å². The van der Waals surface area contributed by atoms with Gasteiger partial charge in [-0.1, -0.05) is 12.1 Å². The molecule has 4 rings (SSSR count). The number of aliphatic hydroxyl groups excluding tert-OH is 1. The normalized spacial score (nSPS) is 25.8. The van der Waals surface area contributed by atoms with Crippen molar-refractivity contribution in [3.63, 3.8) is 0 Å².